The van der Waals surface area contributed by atoms with E-state index in [-0.39, 0.29) is 11.2 Å². The zero-order valence-corrected chi connectivity index (χ0v) is 15.6. The van der Waals surface area contributed by atoms with Gasteiger partial charge >= 0.3 is 0 Å². The molecule has 3 aromatic carbocycles. The number of ether oxygens (including phenoxy) is 1. The average molecular weight is 363 g/mol. The number of phenolic OH excluding ortho intramolecular Hbond substituents is 1. The van der Waals surface area contributed by atoms with E-state index in [1.807, 2.05) is 54.6 Å². The molecule has 3 rings (SSSR count). The minimum absolute atomic E-state index is 0.173. The molecule has 2 N–H and O–H groups in total. The van der Waals surface area contributed by atoms with Crippen LogP contribution in [-0.4, -0.2) is 10.3 Å². The van der Waals surface area contributed by atoms with Gasteiger partial charge in [0.2, 0.25) is 0 Å². The van der Waals surface area contributed by atoms with Crippen LogP contribution in [-0.2, 0) is 5.41 Å². The zero-order valence-electron chi connectivity index (χ0n) is 14.8. The molecule has 3 aromatic rings. The van der Waals surface area contributed by atoms with Crippen LogP contribution < -0.4 is 10.1 Å². The van der Waals surface area contributed by atoms with Crippen LogP contribution in [0.4, 0.5) is 5.69 Å². The standard InChI is InChI=1S/C22H21NO2S/c1-22(2,17-10-14-19(24)15-11-17)16-8-12-18(13-9-16)23-21(26)25-20-6-4-3-5-7-20/h3-15,24H,1-2H3,(H,23,26). The maximum Gasteiger partial charge on any atom is 0.266 e. The van der Waals surface area contributed by atoms with E-state index in [9.17, 15) is 5.11 Å². The van der Waals surface area contributed by atoms with E-state index in [4.69, 9.17) is 17.0 Å². The summed E-state index contributed by atoms with van der Waals surface area (Å²) in [6.45, 7) is 4.32. The third-order valence-electron chi connectivity index (χ3n) is 4.40. The number of aromatic hydroxyl groups is 1. The predicted octanol–water partition coefficient (Wildman–Crippen LogP) is 5.49. The molecule has 0 amide bonds. The summed E-state index contributed by atoms with van der Waals surface area (Å²) in [5, 5.41) is 12.9. The van der Waals surface area contributed by atoms with E-state index < -0.39 is 0 Å². The van der Waals surface area contributed by atoms with Gasteiger partial charge in [-0.2, -0.15) is 0 Å². The molecule has 0 saturated carbocycles. The van der Waals surface area contributed by atoms with Gasteiger partial charge in [-0.15, -0.1) is 0 Å². The van der Waals surface area contributed by atoms with Gasteiger partial charge in [0, 0.05) is 11.1 Å². The summed E-state index contributed by atoms with van der Waals surface area (Å²) in [4.78, 5) is 0. The number of hydrogen-bond acceptors (Lipinski definition) is 3. The SMILES string of the molecule is CC(C)(c1ccc(O)cc1)c1ccc(NC(=S)Oc2ccccc2)cc1. The van der Waals surface area contributed by atoms with Crippen LogP contribution in [0.25, 0.3) is 0 Å². The molecule has 3 nitrogen and oxygen atoms in total. The van der Waals surface area contributed by atoms with E-state index in [0.717, 1.165) is 11.3 Å². The summed E-state index contributed by atoms with van der Waals surface area (Å²) in [5.74, 6) is 0.978. The second-order valence-electron chi connectivity index (χ2n) is 6.58. The first-order chi connectivity index (χ1) is 12.4. The quantitative estimate of drug-likeness (QED) is 0.601. The highest BCUT2D eigenvalue weighted by Gasteiger charge is 2.22. The topological polar surface area (TPSA) is 41.5 Å². The van der Waals surface area contributed by atoms with Gasteiger partial charge in [0.1, 0.15) is 11.5 Å². The Hall–Kier alpha value is -2.85. The third-order valence-corrected chi connectivity index (χ3v) is 4.58. The summed E-state index contributed by atoms with van der Waals surface area (Å²) in [7, 11) is 0. The first-order valence-electron chi connectivity index (χ1n) is 8.39. The second kappa shape index (κ2) is 7.58. The highest BCUT2D eigenvalue weighted by atomic mass is 32.1. The number of phenols is 1. The van der Waals surface area contributed by atoms with Gasteiger partial charge in [0.15, 0.2) is 0 Å². The van der Waals surface area contributed by atoms with Crippen LogP contribution in [0, 0.1) is 0 Å². The average Bonchev–Trinajstić information content (AvgIpc) is 2.63. The number of anilines is 1. The summed E-state index contributed by atoms with van der Waals surface area (Å²) in [6, 6.07) is 24.9. The highest BCUT2D eigenvalue weighted by molar-refractivity contribution is 7.80. The largest absolute Gasteiger partial charge is 0.508 e. The molecule has 0 spiro atoms. The van der Waals surface area contributed by atoms with Crippen molar-refractivity contribution < 1.29 is 9.84 Å². The Morgan fingerprint density at radius 2 is 1.38 bits per heavy atom. The van der Waals surface area contributed by atoms with Gasteiger partial charge in [-0.1, -0.05) is 56.3 Å². The summed E-state index contributed by atoms with van der Waals surface area (Å²) >= 11 is 5.26. The molecular formula is C22H21NO2S. The van der Waals surface area contributed by atoms with Crippen LogP contribution in [0.5, 0.6) is 11.5 Å². The van der Waals surface area contributed by atoms with E-state index in [0.29, 0.717) is 10.9 Å². The molecule has 0 fully saturated rings. The number of hydrogen-bond donors (Lipinski definition) is 2. The molecule has 0 atom stereocenters. The Kier molecular flexibility index (Phi) is 5.24. The predicted molar refractivity (Wildman–Crippen MR) is 110 cm³/mol. The van der Waals surface area contributed by atoms with Gasteiger partial charge in [-0.05, 0) is 59.7 Å². The van der Waals surface area contributed by atoms with Gasteiger partial charge in [-0.25, -0.2) is 0 Å². The normalized spacial score (nSPS) is 11.0. The molecule has 0 aliphatic carbocycles. The van der Waals surface area contributed by atoms with Crippen LogP contribution in [0.3, 0.4) is 0 Å². The summed E-state index contributed by atoms with van der Waals surface area (Å²) in [6.07, 6.45) is 0. The van der Waals surface area contributed by atoms with Gasteiger partial charge in [0.25, 0.3) is 5.17 Å². The molecule has 0 saturated heterocycles. The van der Waals surface area contributed by atoms with Gasteiger partial charge < -0.3 is 15.2 Å². The lowest BCUT2D eigenvalue weighted by molar-refractivity contribution is 0.474. The fourth-order valence-corrected chi connectivity index (χ4v) is 2.97. The van der Waals surface area contributed by atoms with Crippen molar-refractivity contribution in [1.82, 2.24) is 0 Å². The van der Waals surface area contributed by atoms with Gasteiger partial charge in [-0.3, -0.25) is 0 Å². The molecule has 0 aliphatic heterocycles. The van der Waals surface area contributed by atoms with Gasteiger partial charge in [0.05, 0.1) is 0 Å². The maximum absolute atomic E-state index is 9.49. The first kappa shape index (κ1) is 18.0. The Morgan fingerprint density at radius 3 is 1.96 bits per heavy atom. The second-order valence-corrected chi connectivity index (χ2v) is 6.95. The first-order valence-corrected chi connectivity index (χ1v) is 8.80. The highest BCUT2D eigenvalue weighted by Crippen LogP contribution is 2.32. The van der Waals surface area contributed by atoms with Crippen LogP contribution in [0.15, 0.2) is 78.9 Å². The number of benzene rings is 3. The van der Waals surface area contributed by atoms with E-state index in [2.05, 4.69) is 31.3 Å². The van der Waals surface area contributed by atoms with Crippen LogP contribution in [0.2, 0.25) is 0 Å². The monoisotopic (exact) mass is 363 g/mol. The molecule has 0 aliphatic rings. The van der Waals surface area contributed by atoms with Crippen molar-refractivity contribution in [2.75, 3.05) is 5.32 Å². The fourth-order valence-electron chi connectivity index (χ4n) is 2.75. The zero-order chi connectivity index (χ0) is 18.6. The van der Waals surface area contributed by atoms with Crippen LogP contribution in [0.1, 0.15) is 25.0 Å². The minimum atomic E-state index is -0.173. The maximum atomic E-state index is 9.49. The minimum Gasteiger partial charge on any atom is -0.508 e. The Morgan fingerprint density at radius 1 is 0.846 bits per heavy atom. The van der Waals surface area contributed by atoms with Crippen molar-refractivity contribution in [3.63, 3.8) is 0 Å². The molecular weight excluding hydrogens is 342 g/mol. The van der Waals surface area contributed by atoms with Crippen LogP contribution >= 0.6 is 12.2 Å². The number of rotatable bonds is 4. The van der Waals surface area contributed by atoms with E-state index in [1.165, 1.54) is 5.56 Å². The van der Waals surface area contributed by atoms with Crippen molar-refractivity contribution >= 4 is 23.1 Å². The van der Waals surface area contributed by atoms with Crippen molar-refractivity contribution in [2.45, 2.75) is 19.3 Å². The molecule has 4 heteroatoms. The lowest BCUT2D eigenvalue weighted by Crippen LogP contribution is -2.19. The Balaban J connectivity index is 1.69. The molecule has 26 heavy (non-hydrogen) atoms. The molecule has 132 valence electrons. The fraction of sp³-hybridized carbons (Fsp3) is 0.136. The third kappa shape index (κ3) is 4.21. The molecule has 0 radical (unpaired) electrons. The van der Waals surface area contributed by atoms with E-state index >= 15 is 0 Å². The smallest absolute Gasteiger partial charge is 0.266 e. The van der Waals surface area contributed by atoms with Crippen molar-refractivity contribution in [1.29, 1.82) is 0 Å². The number of thiocarbonyl (C=S) groups is 1. The van der Waals surface area contributed by atoms with Crippen molar-refractivity contribution in [2.24, 2.45) is 0 Å². The molecule has 0 aromatic heterocycles. The Labute approximate surface area is 159 Å². The molecule has 0 unspecified atom stereocenters. The van der Waals surface area contributed by atoms with E-state index in [1.54, 1.807) is 12.1 Å². The Bertz CT molecular complexity index is 872. The lowest BCUT2D eigenvalue weighted by Gasteiger charge is -2.26. The summed E-state index contributed by atoms with van der Waals surface area (Å²) < 4.78 is 5.59. The van der Waals surface area contributed by atoms with Crippen molar-refractivity contribution in [3.8, 4) is 11.5 Å². The lowest BCUT2D eigenvalue weighted by atomic mass is 9.78. The number of para-hydroxylation sites is 1. The van der Waals surface area contributed by atoms with Crippen molar-refractivity contribution in [3.05, 3.63) is 90.0 Å². The summed E-state index contributed by atoms with van der Waals surface area (Å²) in [5.41, 5.74) is 3.01. The number of nitrogens with one attached hydrogen (secondary N) is 1. The molecule has 0 bridgehead atoms. The molecule has 0 heterocycles.